The molecule has 1 spiro atoms. The zero-order valence-electron chi connectivity index (χ0n) is 38.2. The summed E-state index contributed by atoms with van der Waals surface area (Å²) in [6.07, 6.45) is 8.55. The van der Waals surface area contributed by atoms with Gasteiger partial charge in [-0.15, -0.1) is 0 Å². The van der Waals surface area contributed by atoms with Gasteiger partial charge in [-0.2, -0.15) is 0 Å². The predicted molar refractivity (Wildman–Crippen MR) is 227 cm³/mol. The van der Waals surface area contributed by atoms with Crippen molar-refractivity contribution < 1.29 is 67.5 Å². The summed E-state index contributed by atoms with van der Waals surface area (Å²) >= 11 is 0. The van der Waals surface area contributed by atoms with Crippen molar-refractivity contribution in [3.8, 4) is 0 Å². The molecule has 1 aliphatic carbocycles. The molecule has 5 unspecified atom stereocenters. The molecule has 7 rings (SSSR count). The van der Waals surface area contributed by atoms with Crippen LogP contribution in [0.5, 0.6) is 0 Å². The number of allylic oxidation sites excluding steroid dienone is 2. The van der Waals surface area contributed by atoms with Crippen molar-refractivity contribution in [2.75, 3.05) is 20.8 Å². The van der Waals surface area contributed by atoms with Crippen LogP contribution in [0.25, 0.3) is 0 Å². The third-order valence-corrected chi connectivity index (χ3v) is 14.5. The van der Waals surface area contributed by atoms with Crippen LogP contribution in [-0.4, -0.2) is 139 Å². The van der Waals surface area contributed by atoms with Gasteiger partial charge < -0.3 is 62.7 Å². The second kappa shape index (κ2) is 19.7. The van der Waals surface area contributed by atoms with Crippen LogP contribution in [0, 0.1) is 23.7 Å². The van der Waals surface area contributed by atoms with Crippen molar-refractivity contribution in [3.63, 3.8) is 0 Å². The molecule has 4 saturated heterocycles. The number of carbonyl (C=O) groups excluding carboxylic acids is 1. The van der Waals surface area contributed by atoms with Gasteiger partial charge in [0, 0.05) is 51.7 Å². The molecule has 7 aliphatic rings. The molecule has 348 valence electrons. The summed E-state index contributed by atoms with van der Waals surface area (Å²) in [4.78, 5) is 14.3. The molecule has 0 saturated carbocycles. The molecule has 14 nitrogen and oxygen atoms in total. The van der Waals surface area contributed by atoms with Gasteiger partial charge >= 0.3 is 5.97 Å². The van der Waals surface area contributed by atoms with Crippen molar-refractivity contribution >= 4 is 5.97 Å². The Balaban J connectivity index is 1.18. The average Bonchev–Trinajstić information content (AvgIpc) is 3.58. The first-order chi connectivity index (χ1) is 29.5. The Kier molecular flexibility index (Phi) is 15.1. The van der Waals surface area contributed by atoms with Crippen molar-refractivity contribution in [3.05, 3.63) is 59.3 Å². The van der Waals surface area contributed by atoms with E-state index < -0.39 is 90.8 Å². The van der Waals surface area contributed by atoms with E-state index in [2.05, 4.69) is 39.8 Å². The van der Waals surface area contributed by atoms with Crippen LogP contribution in [0.4, 0.5) is 0 Å². The highest BCUT2D eigenvalue weighted by Crippen LogP contribution is 2.47. The lowest BCUT2D eigenvalue weighted by molar-refractivity contribution is -0.318. The van der Waals surface area contributed by atoms with Gasteiger partial charge in [0.15, 0.2) is 18.4 Å². The van der Waals surface area contributed by atoms with E-state index >= 15 is 0 Å². The Morgan fingerprint density at radius 3 is 2.32 bits per heavy atom. The first-order valence-corrected chi connectivity index (χ1v) is 22.9. The van der Waals surface area contributed by atoms with Gasteiger partial charge in [0.05, 0.1) is 49.3 Å². The number of rotatable bonds is 8. The van der Waals surface area contributed by atoms with Gasteiger partial charge in [0.1, 0.15) is 42.0 Å². The Bertz CT molecular complexity index is 1730. The molecular formula is C48H72O14. The topological polar surface area (TPSA) is 170 Å². The SMILES string of the molecule is CC[C@H](C)C1O[C@]2(C=C[C@@H]1C)CC1CC(C/C=C(/C)[C@@H](O[C@H]3C[C@H](OC)[C@@H](O[C@H]4C[C@H](OC)[C@@H](O)[C@H](C)O4)[C@H](C)O3)[C@@H](C)/C=C/C=C3/COC4[C@H](O)C(C)=CC(C(=O)O1)[C@@]34O)O2. The minimum atomic E-state index is -1.84. The minimum absolute atomic E-state index is 0.0317. The van der Waals surface area contributed by atoms with Gasteiger partial charge in [-0.05, 0) is 62.8 Å². The number of aliphatic hydroxyl groups is 3. The molecule has 0 amide bonds. The van der Waals surface area contributed by atoms with Crippen molar-refractivity contribution in [2.45, 2.75) is 191 Å². The fourth-order valence-electron chi connectivity index (χ4n) is 10.6. The van der Waals surface area contributed by atoms with Crippen molar-refractivity contribution in [1.82, 2.24) is 0 Å². The van der Waals surface area contributed by atoms with E-state index in [-0.39, 0.29) is 42.7 Å². The standard InChI is InChI=1S/C48H72O14/c1-11-25(2)43-28(5)17-18-47(62-43)23-34-20-33(61-47)16-15-27(4)42(26(3)13-12-14-32-24-55-45-40(49)29(6)19-35(46(51)58-34)48(32,45)52)59-39-22-37(54-10)44(31(8)57-39)60-38-21-36(53-9)41(50)30(7)56-38/h12-15,17-19,25-26,28,30-31,33-45,49-50,52H,11,16,20-24H2,1-10H3/b13-12+,27-15-,32-14-/t25-,26-,28-,30-,31-,33?,34?,35?,36-,37-,38-,39-,40+,41-,42-,43?,44-,45?,47+,48-/m0/s1. The Labute approximate surface area is 367 Å². The van der Waals surface area contributed by atoms with Crippen molar-refractivity contribution in [1.29, 1.82) is 0 Å². The Hall–Kier alpha value is -2.31. The first kappa shape index (κ1) is 47.6. The number of methoxy groups -OCH3 is 2. The fraction of sp³-hybridized carbons (Fsp3) is 0.771. The Morgan fingerprint density at radius 1 is 0.887 bits per heavy atom. The number of esters is 1. The molecule has 62 heavy (non-hydrogen) atoms. The zero-order chi connectivity index (χ0) is 44.7. The summed E-state index contributed by atoms with van der Waals surface area (Å²) in [7, 11) is 3.22. The van der Waals surface area contributed by atoms with E-state index in [1.165, 1.54) is 0 Å². The first-order valence-electron chi connectivity index (χ1n) is 22.9. The molecule has 0 aromatic heterocycles. The number of hydrogen-bond donors (Lipinski definition) is 3. The predicted octanol–water partition coefficient (Wildman–Crippen LogP) is 5.38. The minimum Gasteiger partial charge on any atom is -0.462 e. The molecule has 6 heterocycles. The smallest absolute Gasteiger partial charge is 0.316 e. The summed E-state index contributed by atoms with van der Waals surface area (Å²) in [5.74, 6) is -2.56. The molecule has 6 aliphatic heterocycles. The van der Waals surface area contributed by atoms with Crippen LogP contribution in [0.3, 0.4) is 0 Å². The zero-order valence-corrected chi connectivity index (χ0v) is 38.2. The monoisotopic (exact) mass is 872 g/mol. The highest BCUT2D eigenvalue weighted by atomic mass is 16.7. The maximum atomic E-state index is 14.3. The molecule has 2 bridgehead atoms. The number of carbonyl (C=O) groups is 1. The summed E-state index contributed by atoms with van der Waals surface area (Å²) in [6.45, 7) is 16.1. The van der Waals surface area contributed by atoms with Crippen LogP contribution in [0.1, 0.15) is 93.9 Å². The van der Waals surface area contributed by atoms with Gasteiger partial charge in [0.25, 0.3) is 0 Å². The van der Waals surface area contributed by atoms with Crippen LogP contribution >= 0.6 is 0 Å². The maximum Gasteiger partial charge on any atom is 0.316 e. The molecule has 4 fully saturated rings. The summed E-state index contributed by atoms with van der Waals surface area (Å²) in [5.41, 5.74) is 0.134. The molecule has 14 heteroatoms. The van der Waals surface area contributed by atoms with Crippen LogP contribution in [0.2, 0.25) is 0 Å². The number of fused-ring (bicyclic) bond motifs is 2. The van der Waals surface area contributed by atoms with Crippen LogP contribution in [0.15, 0.2) is 59.3 Å². The second-order valence-corrected chi connectivity index (χ2v) is 19.0. The summed E-state index contributed by atoms with van der Waals surface area (Å²) in [5, 5.41) is 34.2. The highest BCUT2D eigenvalue weighted by molar-refractivity contribution is 5.78. The summed E-state index contributed by atoms with van der Waals surface area (Å²) < 4.78 is 63.7. The summed E-state index contributed by atoms with van der Waals surface area (Å²) in [6, 6.07) is 0. The number of hydrogen-bond acceptors (Lipinski definition) is 14. The van der Waals surface area contributed by atoms with Gasteiger partial charge in [-0.1, -0.05) is 70.6 Å². The van der Waals surface area contributed by atoms with E-state index in [0.29, 0.717) is 43.3 Å². The molecule has 3 N–H and O–H groups in total. The van der Waals surface area contributed by atoms with Gasteiger partial charge in [-0.3, -0.25) is 4.79 Å². The largest absolute Gasteiger partial charge is 0.462 e. The van der Waals surface area contributed by atoms with E-state index in [4.69, 9.17) is 47.4 Å². The molecular weight excluding hydrogens is 801 g/mol. The quantitative estimate of drug-likeness (QED) is 0.210. The molecule has 0 aromatic carbocycles. The van der Waals surface area contributed by atoms with E-state index in [9.17, 15) is 20.1 Å². The van der Waals surface area contributed by atoms with Crippen LogP contribution < -0.4 is 0 Å². The molecule has 0 aromatic rings. The van der Waals surface area contributed by atoms with E-state index in [1.807, 2.05) is 32.1 Å². The lowest BCUT2D eigenvalue weighted by Gasteiger charge is -2.48. The second-order valence-electron chi connectivity index (χ2n) is 19.0. The van der Waals surface area contributed by atoms with E-state index in [0.717, 1.165) is 12.0 Å². The number of aliphatic hydroxyl groups excluding tert-OH is 2. The third kappa shape index (κ3) is 9.64. The number of ether oxygens (including phenoxy) is 10. The lowest BCUT2D eigenvalue weighted by Crippen LogP contribution is -2.58. The van der Waals surface area contributed by atoms with Gasteiger partial charge in [0.2, 0.25) is 0 Å². The average molecular weight is 873 g/mol. The van der Waals surface area contributed by atoms with Crippen molar-refractivity contribution in [2.24, 2.45) is 23.7 Å². The Morgan fingerprint density at radius 2 is 1.60 bits per heavy atom. The van der Waals surface area contributed by atoms with E-state index in [1.54, 1.807) is 40.2 Å². The van der Waals surface area contributed by atoms with Crippen LogP contribution in [-0.2, 0) is 52.2 Å². The molecule has 20 atom stereocenters. The highest BCUT2D eigenvalue weighted by Gasteiger charge is 2.60. The fourth-order valence-corrected chi connectivity index (χ4v) is 10.6. The normalized spacial score (nSPS) is 49.1. The molecule has 0 radical (unpaired) electrons. The third-order valence-electron chi connectivity index (χ3n) is 14.5. The van der Waals surface area contributed by atoms with Gasteiger partial charge in [-0.25, -0.2) is 0 Å². The maximum absolute atomic E-state index is 14.3. The lowest BCUT2D eigenvalue weighted by atomic mass is 9.71.